The van der Waals surface area contributed by atoms with Gasteiger partial charge in [0.25, 0.3) is 0 Å². The molecular formula is C21H20O2. The molecule has 2 aromatic carbocycles. The molecule has 2 heteroatoms. The van der Waals surface area contributed by atoms with E-state index in [9.17, 15) is 4.79 Å². The lowest BCUT2D eigenvalue weighted by Crippen LogP contribution is -2.39. The molecule has 0 saturated heterocycles. The van der Waals surface area contributed by atoms with Gasteiger partial charge < -0.3 is 4.74 Å². The molecule has 0 bridgehead atoms. The molecule has 116 valence electrons. The number of fused-ring (bicyclic) bond motifs is 2. The monoisotopic (exact) mass is 304 g/mol. The highest BCUT2D eigenvalue weighted by Gasteiger charge is 2.44. The molecule has 1 aliphatic carbocycles. The van der Waals surface area contributed by atoms with E-state index in [1.54, 1.807) is 0 Å². The lowest BCUT2D eigenvalue weighted by Gasteiger charge is -2.39. The van der Waals surface area contributed by atoms with Gasteiger partial charge in [0.15, 0.2) is 5.60 Å². The molecule has 0 aromatic heterocycles. The van der Waals surface area contributed by atoms with Gasteiger partial charge in [0, 0.05) is 23.1 Å². The van der Waals surface area contributed by atoms with E-state index in [2.05, 4.69) is 44.7 Å². The molecule has 0 amide bonds. The van der Waals surface area contributed by atoms with Crippen LogP contribution >= 0.6 is 0 Å². The first-order valence-electron chi connectivity index (χ1n) is 7.82. The van der Waals surface area contributed by atoms with Crippen molar-refractivity contribution in [3.05, 3.63) is 83.4 Å². The molecule has 0 atom stereocenters. The van der Waals surface area contributed by atoms with Crippen LogP contribution in [0.2, 0.25) is 0 Å². The average molecular weight is 304 g/mol. The summed E-state index contributed by atoms with van der Waals surface area (Å²) in [4.78, 5) is 12.2. The van der Waals surface area contributed by atoms with Gasteiger partial charge in [-0.25, -0.2) is 4.79 Å². The SMILES string of the molecule is C=CC(=O)OC1(C(C)C)c2ccccc2C=Cc2ccccc21. The maximum Gasteiger partial charge on any atom is 0.331 e. The molecule has 3 rings (SSSR count). The van der Waals surface area contributed by atoms with Gasteiger partial charge in [-0.15, -0.1) is 0 Å². The van der Waals surface area contributed by atoms with Crippen molar-refractivity contribution in [3.63, 3.8) is 0 Å². The number of carbonyl (C=O) groups excluding carboxylic acids is 1. The van der Waals surface area contributed by atoms with Crippen LogP contribution in [0.25, 0.3) is 12.2 Å². The van der Waals surface area contributed by atoms with E-state index < -0.39 is 11.6 Å². The van der Waals surface area contributed by atoms with Crippen molar-refractivity contribution in [2.45, 2.75) is 19.4 Å². The predicted molar refractivity (Wildman–Crippen MR) is 93.7 cm³/mol. The molecular weight excluding hydrogens is 284 g/mol. The molecule has 0 spiro atoms. The first kappa shape index (κ1) is 15.3. The topological polar surface area (TPSA) is 26.3 Å². The van der Waals surface area contributed by atoms with E-state index >= 15 is 0 Å². The first-order chi connectivity index (χ1) is 11.1. The highest BCUT2D eigenvalue weighted by molar-refractivity contribution is 5.84. The molecule has 0 heterocycles. The number of esters is 1. The van der Waals surface area contributed by atoms with Crippen LogP contribution in [0.5, 0.6) is 0 Å². The Morgan fingerprint density at radius 1 is 1.00 bits per heavy atom. The summed E-state index contributed by atoms with van der Waals surface area (Å²) in [6, 6.07) is 16.2. The summed E-state index contributed by atoms with van der Waals surface area (Å²) < 4.78 is 6.03. The van der Waals surface area contributed by atoms with Crippen molar-refractivity contribution in [2.24, 2.45) is 5.92 Å². The number of hydrogen-bond acceptors (Lipinski definition) is 2. The van der Waals surface area contributed by atoms with Crippen molar-refractivity contribution in [1.82, 2.24) is 0 Å². The van der Waals surface area contributed by atoms with Crippen LogP contribution in [0.4, 0.5) is 0 Å². The molecule has 0 saturated carbocycles. The van der Waals surface area contributed by atoms with Crippen LogP contribution in [-0.4, -0.2) is 5.97 Å². The normalized spacial score (nSPS) is 14.6. The minimum atomic E-state index is -0.831. The Kier molecular flexibility index (Phi) is 3.91. The Balaban J connectivity index is 2.37. The van der Waals surface area contributed by atoms with Crippen molar-refractivity contribution in [1.29, 1.82) is 0 Å². The van der Waals surface area contributed by atoms with Gasteiger partial charge in [-0.1, -0.05) is 81.1 Å². The van der Waals surface area contributed by atoms with Crippen LogP contribution in [0.15, 0.2) is 61.2 Å². The Hall–Kier alpha value is -2.61. The quantitative estimate of drug-likeness (QED) is 0.601. The fourth-order valence-electron chi connectivity index (χ4n) is 3.34. The van der Waals surface area contributed by atoms with Crippen LogP contribution in [0.3, 0.4) is 0 Å². The molecule has 0 radical (unpaired) electrons. The van der Waals surface area contributed by atoms with E-state index in [1.807, 2.05) is 36.4 Å². The third-order valence-corrected chi connectivity index (χ3v) is 4.41. The lowest BCUT2D eigenvalue weighted by atomic mass is 9.75. The summed E-state index contributed by atoms with van der Waals surface area (Å²) in [6.45, 7) is 7.72. The number of carbonyl (C=O) groups is 1. The summed E-state index contributed by atoms with van der Waals surface area (Å²) >= 11 is 0. The summed E-state index contributed by atoms with van der Waals surface area (Å²) in [5, 5.41) is 0. The Morgan fingerprint density at radius 2 is 1.48 bits per heavy atom. The Bertz CT molecular complexity index is 734. The number of ether oxygens (including phenoxy) is 1. The highest BCUT2D eigenvalue weighted by atomic mass is 16.6. The predicted octanol–water partition coefficient (Wildman–Crippen LogP) is 4.80. The maximum absolute atomic E-state index is 12.2. The van der Waals surface area contributed by atoms with Crippen LogP contribution in [-0.2, 0) is 15.1 Å². The lowest BCUT2D eigenvalue weighted by molar-refractivity contribution is -0.154. The van der Waals surface area contributed by atoms with Crippen LogP contribution in [0.1, 0.15) is 36.1 Å². The fourth-order valence-corrected chi connectivity index (χ4v) is 3.34. The van der Waals surface area contributed by atoms with Crippen molar-refractivity contribution >= 4 is 18.1 Å². The van der Waals surface area contributed by atoms with Gasteiger partial charge in [0.2, 0.25) is 0 Å². The zero-order valence-corrected chi connectivity index (χ0v) is 13.5. The number of rotatable bonds is 3. The van der Waals surface area contributed by atoms with Gasteiger partial charge in [0.1, 0.15) is 0 Å². The van der Waals surface area contributed by atoms with E-state index in [4.69, 9.17) is 4.74 Å². The van der Waals surface area contributed by atoms with Gasteiger partial charge >= 0.3 is 5.97 Å². The van der Waals surface area contributed by atoms with Gasteiger partial charge in [-0.2, -0.15) is 0 Å². The molecule has 0 unspecified atom stereocenters. The summed E-state index contributed by atoms with van der Waals surface area (Å²) in [5.74, 6) is -0.348. The zero-order valence-electron chi connectivity index (χ0n) is 13.5. The molecule has 2 nitrogen and oxygen atoms in total. The Labute approximate surface area is 137 Å². The van der Waals surface area contributed by atoms with Crippen molar-refractivity contribution in [2.75, 3.05) is 0 Å². The van der Waals surface area contributed by atoms with Crippen molar-refractivity contribution < 1.29 is 9.53 Å². The van der Waals surface area contributed by atoms with E-state index in [0.717, 1.165) is 22.3 Å². The number of hydrogen-bond donors (Lipinski definition) is 0. The summed E-state index contributed by atoms with van der Waals surface area (Å²) in [6.07, 6.45) is 5.40. The van der Waals surface area contributed by atoms with E-state index in [-0.39, 0.29) is 5.92 Å². The largest absolute Gasteiger partial charge is 0.446 e. The fraction of sp³-hybridized carbons (Fsp3) is 0.190. The highest BCUT2D eigenvalue weighted by Crippen LogP contribution is 2.46. The smallest absolute Gasteiger partial charge is 0.331 e. The first-order valence-corrected chi connectivity index (χ1v) is 7.82. The second-order valence-electron chi connectivity index (χ2n) is 6.02. The minimum Gasteiger partial charge on any atom is -0.446 e. The van der Waals surface area contributed by atoms with Crippen molar-refractivity contribution in [3.8, 4) is 0 Å². The van der Waals surface area contributed by atoms with E-state index in [0.29, 0.717) is 0 Å². The molecule has 1 aliphatic rings. The molecule has 2 aromatic rings. The zero-order chi connectivity index (χ0) is 16.4. The summed E-state index contributed by atoms with van der Waals surface area (Å²) in [5.41, 5.74) is 3.31. The third kappa shape index (κ3) is 2.40. The standard InChI is InChI=1S/C21H20O2/c1-4-20(22)23-21(15(2)3)18-11-7-5-9-16(18)13-14-17-10-6-8-12-19(17)21/h4-15H,1H2,2-3H3. The molecule has 0 N–H and O–H groups in total. The average Bonchev–Trinajstić information content (AvgIpc) is 2.71. The third-order valence-electron chi connectivity index (χ3n) is 4.41. The number of benzene rings is 2. The van der Waals surface area contributed by atoms with E-state index in [1.165, 1.54) is 6.08 Å². The molecule has 0 aliphatic heterocycles. The Morgan fingerprint density at radius 3 is 1.91 bits per heavy atom. The van der Waals surface area contributed by atoms with Gasteiger partial charge in [-0.05, 0) is 11.1 Å². The summed E-state index contributed by atoms with van der Waals surface area (Å²) in [7, 11) is 0. The van der Waals surface area contributed by atoms with Gasteiger partial charge in [0.05, 0.1) is 0 Å². The van der Waals surface area contributed by atoms with Crippen LogP contribution < -0.4 is 0 Å². The molecule has 0 fully saturated rings. The second-order valence-corrected chi connectivity index (χ2v) is 6.02. The van der Waals surface area contributed by atoms with Crippen LogP contribution in [0, 0.1) is 5.92 Å². The minimum absolute atomic E-state index is 0.0635. The molecule has 23 heavy (non-hydrogen) atoms. The second kappa shape index (κ2) is 5.88. The maximum atomic E-state index is 12.2. The van der Waals surface area contributed by atoms with Gasteiger partial charge in [-0.3, -0.25) is 0 Å².